The van der Waals surface area contributed by atoms with Crippen molar-refractivity contribution in [3.8, 4) is 0 Å². The van der Waals surface area contributed by atoms with Crippen LogP contribution >= 0.6 is 0 Å². The molecule has 0 spiro atoms. The van der Waals surface area contributed by atoms with Crippen molar-refractivity contribution in [1.82, 2.24) is 0 Å². The van der Waals surface area contributed by atoms with E-state index in [0.717, 1.165) is 24.1 Å². The van der Waals surface area contributed by atoms with Crippen LogP contribution in [0.4, 0.5) is 0 Å². The van der Waals surface area contributed by atoms with Crippen molar-refractivity contribution in [2.24, 2.45) is 12.2 Å². The molecule has 0 fully saturated rings. The number of rotatable bonds is 4. The van der Waals surface area contributed by atoms with E-state index in [2.05, 4.69) is 5.16 Å². The topological polar surface area (TPSA) is 56.7 Å². The van der Waals surface area contributed by atoms with Crippen LogP contribution in [0.5, 0.6) is 0 Å². The first-order valence-electron chi connectivity index (χ1n) is 4.55. The van der Waals surface area contributed by atoms with Gasteiger partial charge in [-0.1, -0.05) is 5.16 Å². The molecule has 1 aromatic rings. The van der Waals surface area contributed by atoms with Gasteiger partial charge in [-0.05, 0) is 18.4 Å². The minimum absolute atomic E-state index is 0.199. The van der Waals surface area contributed by atoms with E-state index in [4.69, 9.17) is 10.3 Å². The van der Waals surface area contributed by atoms with Crippen molar-refractivity contribution >= 4 is 6.21 Å². The Kier molecular flexibility index (Phi) is 4.07. The van der Waals surface area contributed by atoms with Gasteiger partial charge >= 0.3 is 0 Å². The lowest BCUT2D eigenvalue weighted by Gasteiger charge is -1.99. The van der Waals surface area contributed by atoms with Crippen molar-refractivity contribution < 1.29 is 14.9 Å². The molecule has 0 amide bonds. The van der Waals surface area contributed by atoms with Crippen molar-refractivity contribution in [2.45, 2.75) is 12.8 Å². The van der Waals surface area contributed by atoms with Gasteiger partial charge in [0.2, 0.25) is 5.69 Å². The summed E-state index contributed by atoms with van der Waals surface area (Å²) in [6.45, 7) is 0.199. The van der Waals surface area contributed by atoms with Crippen LogP contribution < -0.4 is 4.57 Å². The number of pyridine rings is 1. The summed E-state index contributed by atoms with van der Waals surface area (Å²) in [4.78, 5) is 0. The number of oxime groups is 1. The lowest BCUT2D eigenvalue weighted by molar-refractivity contribution is -0.672. The third-order valence-electron chi connectivity index (χ3n) is 2.07. The summed E-state index contributed by atoms with van der Waals surface area (Å²) < 4.78 is 1.86. The Hall–Kier alpha value is -1.42. The van der Waals surface area contributed by atoms with Gasteiger partial charge in [0.1, 0.15) is 13.3 Å². The standard InChI is InChI=1S/C10H14N2O2/c1-12-5-4-9(3-2-6-13)7-10(12)8-11-14/h4-5,7-8,13H,2-3,6H2,1H3/p+1. The predicted molar refractivity (Wildman–Crippen MR) is 52.4 cm³/mol. The Balaban J connectivity index is 2.83. The second-order valence-electron chi connectivity index (χ2n) is 3.14. The SMILES string of the molecule is C[n+]1ccc(CCCO)cc1/C=N/O. The Morgan fingerprint density at radius 2 is 2.36 bits per heavy atom. The first-order chi connectivity index (χ1) is 6.77. The van der Waals surface area contributed by atoms with Crippen molar-refractivity contribution in [3.05, 3.63) is 29.6 Å². The molecule has 76 valence electrons. The fourth-order valence-electron chi connectivity index (χ4n) is 1.26. The van der Waals surface area contributed by atoms with Crippen molar-refractivity contribution in [1.29, 1.82) is 0 Å². The molecular formula is C10H15N2O2+. The highest BCUT2D eigenvalue weighted by atomic mass is 16.4. The van der Waals surface area contributed by atoms with Gasteiger partial charge in [0, 0.05) is 18.7 Å². The molecule has 0 radical (unpaired) electrons. The fraction of sp³-hybridized carbons (Fsp3) is 0.400. The van der Waals surface area contributed by atoms with E-state index in [9.17, 15) is 0 Å². The monoisotopic (exact) mass is 195 g/mol. The van der Waals surface area contributed by atoms with Gasteiger partial charge in [0.25, 0.3) is 0 Å². The molecule has 4 nitrogen and oxygen atoms in total. The van der Waals surface area contributed by atoms with Crippen LogP contribution in [-0.4, -0.2) is 23.1 Å². The van der Waals surface area contributed by atoms with E-state index in [1.54, 1.807) is 0 Å². The van der Waals surface area contributed by atoms with Gasteiger partial charge in [-0.25, -0.2) is 4.57 Å². The number of aromatic nitrogens is 1. The number of hydrogen-bond acceptors (Lipinski definition) is 3. The molecule has 14 heavy (non-hydrogen) atoms. The zero-order chi connectivity index (χ0) is 10.4. The molecule has 1 rings (SSSR count). The second-order valence-corrected chi connectivity index (χ2v) is 3.14. The molecule has 0 atom stereocenters. The van der Waals surface area contributed by atoms with Gasteiger partial charge in [-0.2, -0.15) is 0 Å². The van der Waals surface area contributed by atoms with Gasteiger partial charge in [0.05, 0.1) is 0 Å². The van der Waals surface area contributed by atoms with Crippen LogP contribution in [0.15, 0.2) is 23.5 Å². The molecule has 0 bridgehead atoms. The first-order valence-corrected chi connectivity index (χ1v) is 4.55. The smallest absolute Gasteiger partial charge is 0.227 e. The first kappa shape index (κ1) is 10.7. The maximum Gasteiger partial charge on any atom is 0.227 e. The van der Waals surface area contributed by atoms with Gasteiger partial charge in [-0.3, -0.25) is 0 Å². The van der Waals surface area contributed by atoms with E-state index < -0.39 is 0 Å². The van der Waals surface area contributed by atoms with E-state index in [1.165, 1.54) is 6.21 Å². The van der Waals surface area contributed by atoms with Crippen LogP contribution in [0.3, 0.4) is 0 Å². The van der Waals surface area contributed by atoms with E-state index in [0.29, 0.717) is 0 Å². The summed E-state index contributed by atoms with van der Waals surface area (Å²) in [6.07, 6.45) is 4.89. The summed E-state index contributed by atoms with van der Waals surface area (Å²) in [6, 6.07) is 3.93. The molecule has 0 aliphatic heterocycles. The molecule has 0 aromatic carbocycles. The molecular weight excluding hydrogens is 180 g/mol. The molecule has 4 heteroatoms. The molecule has 2 N–H and O–H groups in total. The maximum atomic E-state index is 8.68. The summed E-state index contributed by atoms with van der Waals surface area (Å²) in [7, 11) is 1.88. The highest BCUT2D eigenvalue weighted by Crippen LogP contribution is 2.02. The summed E-state index contributed by atoms with van der Waals surface area (Å²) in [5, 5.41) is 20.1. The van der Waals surface area contributed by atoms with Crippen molar-refractivity contribution in [3.63, 3.8) is 0 Å². The Morgan fingerprint density at radius 3 is 3.00 bits per heavy atom. The lowest BCUT2D eigenvalue weighted by Crippen LogP contribution is -2.33. The third-order valence-corrected chi connectivity index (χ3v) is 2.07. The van der Waals surface area contributed by atoms with E-state index in [1.807, 2.05) is 29.9 Å². The summed E-state index contributed by atoms with van der Waals surface area (Å²) >= 11 is 0. The summed E-state index contributed by atoms with van der Waals surface area (Å²) in [5.74, 6) is 0. The number of hydrogen-bond donors (Lipinski definition) is 2. The molecule has 1 heterocycles. The van der Waals surface area contributed by atoms with Crippen molar-refractivity contribution in [2.75, 3.05) is 6.61 Å². The molecule has 0 aliphatic carbocycles. The fourth-order valence-corrected chi connectivity index (χ4v) is 1.26. The van der Waals surface area contributed by atoms with E-state index in [-0.39, 0.29) is 6.61 Å². The Labute approximate surface area is 83.1 Å². The van der Waals surface area contributed by atoms with E-state index >= 15 is 0 Å². The van der Waals surface area contributed by atoms with Crippen LogP contribution in [0, 0.1) is 0 Å². The highest BCUT2D eigenvalue weighted by Gasteiger charge is 2.04. The zero-order valence-electron chi connectivity index (χ0n) is 8.22. The number of aryl methyl sites for hydroxylation is 2. The molecule has 0 unspecified atom stereocenters. The van der Waals surface area contributed by atoms with Crippen LogP contribution in [0.2, 0.25) is 0 Å². The normalized spacial score (nSPS) is 11.0. The lowest BCUT2D eigenvalue weighted by atomic mass is 10.1. The van der Waals surface area contributed by atoms with Gasteiger partial charge in [0.15, 0.2) is 6.20 Å². The molecule has 1 aromatic heterocycles. The molecule has 0 aliphatic rings. The maximum absolute atomic E-state index is 8.68. The van der Waals surface area contributed by atoms with Gasteiger partial charge < -0.3 is 10.3 Å². The average Bonchev–Trinajstić information content (AvgIpc) is 2.19. The second kappa shape index (κ2) is 5.34. The minimum atomic E-state index is 0.199. The number of nitrogens with zero attached hydrogens (tertiary/aromatic N) is 2. The zero-order valence-corrected chi connectivity index (χ0v) is 8.22. The average molecular weight is 195 g/mol. The molecule has 0 saturated heterocycles. The number of aliphatic hydroxyl groups excluding tert-OH is 1. The number of aliphatic hydroxyl groups is 1. The molecule has 0 saturated carbocycles. The third kappa shape index (κ3) is 2.81. The highest BCUT2D eigenvalue weighted by molar-refractivity contribution is 5.74. The predicted octanol–water partition coefficient (Wildman–Crippen LogP) is 0.244. The van der Waals surface area contributed by atoms with Crippen LogP contribution in [0.25, 0.3) is 0 Å². The Morgan fingerprint density at radius 1 is 1.57 bits per heavy atom. The van der Waals surface area contributed by atoms with Crippen LogP contribution in [0.1, 0.15) is 17.7 Å². The largest absolute Gasteiger partial charge is 0.411 e. The minimum Gasteiger partial charge on any atom is -0.411 e. The van der Waals surface area contributed by atoms with Gasteiger partial charge in [-0.15, -0.1) is 0 Å². The van der Waals surface area contributed by atoms with Crippen LogP contribution in [-0.2, 0) is 13.5 Å². The quantitative estimate of drug-likeness (QED) is 0.313. The Bertz CT molecular complexity index is 324. The summed E-state index contributed by atoms with van der Waals surface area (Å²) in [5.41, 5.74) is 1.97.